The summed E-state index contributed by atoms with van der Waals surface area (Å²) < 4.78 is 6.18. The Bertz CT molecular complexity index is 9.61. The molecule has 0 rings (SSSR count). The molecule has 0 bridgehead atoms. The van der Waals surface area contributed by atoms with Crippen LogP contribution in [0.25, 0.3) is 0 Å². The van der Waals surface area contributed by atoms with Crippen LogP contribution in [0, 0.1) is 0 Å². The van der Waals surface area contributed by atoms with Crippen molar-refractivity contribution in [3.8, 4) is 0 Å². The first-order valence-corrected chi connectivity index (χ1v) is 3.40. The summed E-state index contributed by atoms with van der Waals surface area (Å²) in [5.74, 6) is 0. The molecule has 0 radical (unpaired) electrons. The van der Waals surface area contributed by atoms with Gasteiger partial charge in [0.25, 0.3) is 0 Å². The van der Waals surface area contributed by atoms with Gasteiger partial charge in [0.1, 0.15) is 0 Å². The van der Waals surface area contributed by atoms with Crippen molar-refractivity contribution in [1.82, 2.24) is 0 Å². The van der Waals surface area contributed by atoms with Crippen LogP contribution < -0.4 is 21.0 Å². The van der Waals surface area contributed by atoms with Gasteiger partial charge in [-0.1, -0.05) is 14.9 Å². The number of halogens is 1. The molecule has 0 fully saturated rings. The Morgan fingerprint density at radius 1 is 1.75 bits per heavy atom. The molecule has 2 heteroatoms. The Labute approximate surface area is 46.4 Å². The van der Waals surface area contributed by atoms with Gasteiger partial charge in [0.2, 0.25) is 0 Å². The van der Waals surface area contributed by atoms with E-state index in [-0.39, 0.29) is 14.9 Å². The van der Waals surface area contributed by atoms with E-state index in [2.05, 4.69) is 9.80 Å². The zero-order valence-electron chi connectivity index (χ0n) is 1.83. The maximum absolute atomic E-state index is 6.18. The molecule has 0 nitrogen and oxygen atoms in total. The summed E-state index contributed by atoms with van der Waals surface area (Å²) >= 11 is -0.466. The molecule has 0 aliphatic rings. The van der Waals surface area contributed by atoms with Crippen LogP contribution >= 0.6 is 9.80 Å². The molecule has 32 valence electrons. The zero-order chi connectivity index (χ0) is 2.71. The van der Waals surface area contributed by atoms with Gasteiger partial charge in [-0.15, -0.1) is 0 Å². The Morgan fingerprint density at radius 3 is 1.75 bits per heavy atom. The third-order valence-corrected chi connectivity index (χ3v) is 0. The van der Waals surface area contributed by atoms with E-state index < -0.39 is 21.0 Å². The van der Waals surface area contributed by atoms with Gasteiger partial charge in [-0.2, -0.15) is 0 Å². The monoisotopic (exact) mass is 195 g/mol. The second-order valence-electron chi connectivity index (χ2n) is 0. The first-order chi connectivity index (χ1) is 1.41. The van der Waals surface area contributed by atoms with E-state index in [1.165, 1.54) is 0 Å². The van der Waals surface area contributed by atoms with Crippen LogP contribution in [0.1, 0.15) is 14.9 Å². The predicted octanol–water partition coefficient (Wildman–Crippen LogP) is -1.61. The molecule has 0 aromatic rings. The molecule has 0 unspecified atom stereocenters. The molecule has 0 saturated heterocycles. The normalized spacial score (nSPS) is 5.75. The fourth-order valence-electron chi connectivity index (χ4n) is 0. The van der Waals surface area contributed by atoms with Gasteiger partial charge in [-0.25, -0.2) is 0 Å². The molecule has 0 atom stereocenters. The van der Waals surface area contributed by atoms with Crippen molar-refractivity contribution in [2.24, 2.45) is 0 Å². The molecule has 0 spiro atoms. The topological polar surface area (TPSA) is 0 Å². The summed E-state index contributed by atoms with van der Waals surface area (Å²) in [6.07, 6.45) is 0. The van der Waals surface area contributed by atoms with E-state index in [4.69, 9.17) is 0.594 Å². The SMILES string of the molecule is C.C.[3H][I-]S. The van der Waals surface area contributed by atoms with Crippen LogP contribution in [-0.2, 0) is 0 Å². The van der Waals surface area contributed by atoms with Gasteiger partial charge in [-0.05, 0) is 0 Å². The molecule has 0 N–H and O–H groups in total. The predicted molar refractivity (Wildman–Crippen MR) is 23.8 cm³/mol. The Balaban J connectivity index is -0.0000000200. The Hall–Kier alpha value is 1.08. The third-order valence-electron chi connectivity index (χ3n) is 0. The first-order valence-electron chi connectivity index (χ1n) is 0.547. The average molecular weight is 195 g/mol. The van der Waals surface area contributed by atoms with E-state index >= 15 is 0 Å². The van der Waals surface area contributed by atoms with Gasteiger partial charge in [-0.3, -0.25) is 0 Å². The average Bonchev–Trinajstić information content (AvgIpc) is 0.918. The van der Waals surface area contributed by atoms with Gasteiger partial charge < -0.3 is 0 Å². The Kier molecular flexibility index (Phi) is 73.9. The summed E-state index contributed by atoms with van der Waals surface area (Å²) in [4.78, 5) is 0. The third kappa shape index (κ3) is 11.4. The molecule has 0 aliphatic carbocycles. The van der Waals surface area contributed by atoms with E-state index in [0.29, 0.717) is 0 Å². The van der Waals surface area contributed by atoms with Crippen molar-refractivity contribution >= 4 is 9.80 Å². The van der Waals surface area contributed by atoms with Gasteiger partial charge in [0.15, 0.2) is 0 Å². The number of thiol groups is 1. The van der Waals surface area contributed by atoms with Gasteiger partial charge in [0.05, 0.1) is 0 Å². The summed E-state index contributed by atoms with van der Waals surface area (Å²) in [7, 11) is 3.57. The summed E-state index contributed by atoms with van der Waals surface area (Å²) in [6.45, 7) is 0. The molecule has 0 heterocycles. The van der Waals surface area contributed by atoms with Gasteiger partial charge in [0, 0.05) is 0 Å². The maximum atomic E-state index is 6.18. The standard InChI is InChI=1S/2CH4.H2IS/c;;1-2/h2*1H4;1-2H/q;;-1/i;;1T. The van der Waals surface area contributed by atoms with Crippen molar-refractivity contribution in [2.75, 3.05) is 0 Å². The van der Waals surface area contributed by atoms with Crippen molar-refractivity contribution in [3.63, 3.8) is 0 Å². The zero-order valence-corrected chi connectivity index (χ0v) is 3.88. The molecule has 0 saturated carbocycles. The van der Waals surface area contributed by atoms with Crippen molar-refractivity contribution in [3.05, 3.63) is 0 Å². The van der Waals surface area contributed by atoms with Gasteiger partial charge >= 0.3 is 31.4 Å². The molecule has 4 heavy (non-hydrogen) atoms. The molecule has 0 aromatic carbocycles. The number of rotatable bonds is 0. The molecule has 0 aliphatic heterocycles. The van der Waals surface area contributed by atoms with E-state index in [1.54, 1.807) is 0 Å². The van der Waals surface area contributed by atoms with Crippen molar-refractivity contribution < 1.29 is 21.0 Å². The van der Waals surface area contributed by atoms with Crippen LogP contribution in [0.15, 0.2) is 0 Å². The summed E-state index contributed by atoms with van der Waals surface area (Å²) in [5.41, 5.74) is 0. The second kappa shape index (κ2) is 33.2. The summed E-state index contributed by atoms with van der Waals surface area (Å²) in [6, 6.07) is 0. The van der Waals surface area contributed by atoms with E-state index in [9.17, 15) is 0 Å². The van der Waals surface area contributed by atoms with E-state index in [1.807, 2.05) is 0 Å². The molecule has 0 aromatic heterocycles. The summed E-state index contributed by atoms with van der Waals surface area (Å²) in [5, 5.41) is 0. The van der Waals surface area contributed by atoms with E-state index in [0.717, 1.165) is 0 Å². The van der Waals surface area contributed by atoms with Crippen LogP contribution in [0.2, 0.25) is 0 Å². The first kappa shape index (κ1) is 8.91. The van der Waals surface area contributed by atoms with Crippen molar-refractivity contribution in [2.45, 2.75) is 14.9 Å². The van der Waals surface area contributed by atoms with Crippen LogP contribution in [0.5, 0.6) is 0 Å². The Morgan fingerprint density at radius 2 is 1.75 bits per heavy atom. The van der Waals surface area contributed by atoms with Crippen LogP contribution in [0.4, 0.5) is 0 Å². The molecular weight excluding hydrogens is 183 g/mol. The van der Waals surface area contributed by atoms with Crippen LogP contribution in [-0.4, -0.2) is 0.594 Å². The second-order valence-corrected chi connectivity index (χ2v) is 0. The van der Waals surface area contributed by atoms with Crippen LogP contribution in [0.3, 0.4) is 0 Å². The van der Waals surface area contributed by atoms with Crippen molar-refractivity contribution in [1.29, 1.82) is 0.594 Å². The fourth-order valence-corrected chi connectivity index (χ4v) is 0. The molecule has 0 amide bonds. The number of hydrogen-bond acceptors (Lipinski definition) is 1. The minimum atomic E-state index is -0.466. The quantitative estimate of drug-likeness (QED) is 0.349. The fraction of sp³-hybridized carbons (Fsp3) is 1.00. The molecular formula is C2H10IS-. The minimum absolute atomic E-state index is 0. The number of hydrogen-bond donors (Lipinski definition) is 1.